The lowest BCUT2D eigenvalue weighted by Crippen LogP contribution is -2.32. The molecule has 0 radical (unpaired) electrons. The lowest BCUT2D eigenvalue weighted by molar-refractivity contribution is 0.508. The highest BCUT2D eigenvalue weighted by atomic mass is 16.3. The van der Waals surface area contributed by atoms with Crippen molar-refractivity contribution in [2.24, 2.45) is 20.0 Å². The zero-order chi connectivity index (χ0) is 32.7. The fraction of sp³-hybridized carbons (Fsp3) is 0.158. The normalized spacial score (nSPS) is 13.0. The number of nitrogens with zero attached hydrogens (tertiary/aromatic N) is 4. The number of hydrogen-bond acceptors (Lipinski definition) is 7. The third kappa shape index (κ3) is 6.15. The SMILES string of the molecule is CC(C)NC(=N)c1ccc2c(c1)=NC(=c1ccc(=c3ccc(=c4ccc(=C5N=c6ccc(C(=N)NC(C)C)cc6=N5)cc4)o3)cc1)N=2. The third-order valence-electron chi connectivity index (χ3n) is 7.76. The Hall–Kier alpha value is -5.96. The van der Waals surface area contributed by atoms with Crippen molar-refractivity contribution >= 4 is 23.3 Å². The first kappa shape index (κ1) is 29.7. The quantitative estimate of drug-likeness (QED) is 0.182. The maximum Gasteiger partial charge on any atom is 0.160 e. The van der Waals surface area contributed by atoms with E-state index in [9.17, 15) is 0 Å². The van der Waals surface area contributed by atoms with E-state index in [0.717, 1.165) is 64.3 Å². The zero-order valence-corrected chi connectivity index (χ0v) is 26.6. The molecule has 0 saturated carbocycles. The number of rotatable bonds is 4. The van der Waals surface area contributed by atoms with Crippen LogP contribution >= 0.6 is 0 Å². The second-order valence-corrected chi connectivity index (χ2v) is 12.2. The highest BCUT2D eigenvalue weighted by Crippen LogP contribution is 2.06. The molecule has 4 N–H and O–H groups in total. The summed E-state index contributed by atoms with van der Waals surface area (Å²) in [4.78, 5) is 18.9. The lowest BCUT2D eigenvalue weighted by atomic mass is 10.2. The molecule has 2 aliphatic rings. The molecule has 0 bridgehead atoms. The Labute approximate surface area is 269 Å². The molecule has 0 atom stereocenters. The molecule has 4 aromatic carbocycles. The van der Waals surface area contributed by atoms with Gasteiger partial charge in [-0.05, 0) is 76.2 Å². The van der Waals surface area contributed by atoms with Crippen LogP contribution in [0.25, 0.3) is 11.6 Å². The van der Waals surface area contributed by atoms with Crippen LogP contribution < -0.4 is 42.5 Å². The number of nitrogens with one attached hydrogen (secondary N) is 4. The van der Waals surface area contributed by atoms with Gasteiger partial charge in [0, 0.05) is 44.1 Å². The van der Waals surface area contributed by atoms with E-state index >= 15 is 0 Å². The summed E-state index contributed by atoms with van der Waals surface area (Å²) in [5.41, 5.74) is 3.11. The van der Waals surface area contributed by atoms with Crippen molar-refractivity contribution in [3.05, 3.63) is 161 Å². The van der Waals surface area contributed by atoms with Gasteiger partial charge in [0.1, 0.15) is 22.5 Å². The van der Waals surface area contributed by atoms with Crippen molar-refractivity contribution in [2.45, 2.75) is 39.8 Å². The number of benzene rings is 4. The molecular formula is C38H34N8O. The molecule has 0 spiro atoms. The summed E-state index contributed by atoms with van der Waals surface area (Å²) in [5, 5.41) is 29.7. The van der Waals surface area contributed by atoms with Gasteiger partial charge in [-0.2, -0.15) is 0 Å². The largest absolute Gasteiger partial charge is 0.456 e. The molecule has 3 heterocycles. The summed E-state index contributed by atoms with van der Waals surface area (Å²) in [6.07, 6.45) is 0. The Morgan fingerprint density at radius 2 is 0.851 bits per heavy atom. The van der Waals surface area contributed by atoms with E-state index in [4.69, 9.17) is 35.2 Å². The zero-order valence-electron chi connectivity index (χ0n) is 26.6. The molecule has 9 nitrogen and oxygen atoms in total. The van der Waals surface area contributed by atoms with Crippen molar-refractivity contribution in [1.29, 1.82) is 10.8 Å². The molecule has 0 amide bonds. The molecule has 0 aliphatic carbocycles. The van der Waals surface area contributed by atoms with Crippen molar-refractivity contribution in [3.63, 3.8) is 0 Å². The Balaban J connectivity index is 1.19. The molecule has 5 aromatic rings. The first-order valence-electron chi connectivity index (χ1n) is 15.6. The average Bonchev–Trinajstić information content (AvgIpc) is 3.82. The van der Waals surface area contributed by atoms with Gasteiger partial charge >= 0.3 is 0 Å². The maximum absolute atomic E-state index is 8.28. The minimum Gasteiger partial charge on any atom is -0.456 e. The minimum absolute atomic E-state index is 0.182. The molecule has 0 fully saturated rings. The highest BCUT2D eigenvalue weighted by Gasteiger charge is 2.09. The smallest absolute Gasteiger partial charge is 0.160 e. The fourth-order valence-corrected chi connectivity index (χ4v) is 5.45. The van der Waals surface area contributed by atoms with Gasteiger partial charge in [-0.1, -0.05) is 48.5 Å². The summed E-state index contributed by atoms with van der Waals surface area (Å²) in [5.74, 6) is 2.05. The predicted molar refractivity (Wildman–Crippen MR) is 181 cm³/mol. The molecular weight excluding hydrogens is 584 g/mol. The van der Waals surface area contributed by atoms with E-state index in [1.165, 1.54) is 0 Å². The first-order chi connectivity index (χ1) is 22.7. The number of fused-ring (bicyclic) bond motifs is 2. The molecule has 0 saturated heterocycles. The second-order valence-electron chi connectivity index (χ2n) is 12.2. The Bertz CT molecular complexity index is 2460. The van der Waals surface area contributed by atoms with Gasteiger partial charge in [0.15, 0.2) is 11.6 Å². The Kier molecular flexibility index (Phi) is 7.65. The molecule has 0 unspecified atom stereocenters. The second kappa shape index (κ2) is 12.1. The van der Waals surface area contributed by atoms with Crippen molar-refractivity contribution in [2.75, 3.05) is 0 Å². The molecule has 232 valence electrons. The van der Waals surface area contributed by atoms with Crippen LogP contribution in [0.1, 0.15) is 38.8 Å². The van der Waals surface area contributed by atoms with Crippen LogP contribution in [0.2, 0.25) is 0 Å². The van der Waals surface area contributed by atoms with E-state index in [1.807, 2.05) is 125 Å². The third-order valence-corrected chi connectivity index (χ3v) is 7.76. The summed E-state index contributed by atoms with van der Waals surface area (Å²) in [7, 11) is 0. The van der Waals surface area contributed by atoms with Crippen molar-refractivity contribution in [1.82, 2.24) is 10.6 Å². The van der Waals surface area contributed by atoms with Gasteiger partial charge in [0.25, 0.3) is 0 Å². The Morgan fingerprint density at radius 3 is 1.23 bits per heavy atom. The van der Waals surface area contributed by atoms with E-state index < -0.39 is 0 Å². The Morgan fingerprint density at radius 1 is 0.489 bits per heavy atom. The summed E-state index contributed by atoms with van der Waals surface area (Å²) < 4.78 is 6.25. The van der Waals surface area contributed by atoms with Gasteiger partial charge in [0.2, 0.25) is 0 Å². The van der Waals surface area contributed by atoms with E-state index in [0.29, 0.717) is 23.3 Å². The monoisotopic (exact) mass is 618 g/mol. The van der Waals surface area contributed by atoms with Crippen LogP contribution in [0.5, 0.6) is 0 Å². The van der Waals surface area contributed by atoms with Crippen LogP contribution in [-0.2, 0) is 0 Å². The number of furan rings is 1. The number of hydrogen-bond donors (Lipinski definition) is 4. The molecule has 7 rings (SSSR count). The van der Waals surface area contributed by atoms with Gasteiger partial charge in [-0.25, -0.2) is 20.0 Å². The first-order valence-corrected chi connectivity index (χ1v) is 15.6. The number of amidine groups is 2. The molecule has 1 aromatic heterocycles. The summed E-state index contributed by atoms with van der Waals surface area (Å²) >= 11 is 0. The fourth-order valence-electron chi connectivity index (χ4n) is 5.45. The summed E-state index contributed by atoms with van der Waals surface area (Å²) in [6, 6.07) is 31.8. The van der Waals surface area contributed by atoms with Crippen molar-refractivity contribution < 1.29 is 4.42 Å². The van der Waals surface area contributed by atoms with Gasteiger partial charge in [-0.15, -0.1) is 0 Å². The van der Waals surface area contributed by atoms with Crippen LogP contribution in [0, 0.1) is 32.1 Å². The molecule has 2 aliphatic heterocycles. The van der Waals surface area contributed by atoms with Gasteiger partial charge in [-0.3, -0.25) is 10.8 Å². The lowest BCUT2D eigenvalue weighted by Gasteiger charge is -2.10. The predicted octanol–water partition coefficient (Wildman–Crippen LogP) is 2.54. The van der Waals surface area contributed by atoms with Crippen LogP contribution in [0.3, 0.4) is 0 Å². The van der Waals surface area contributed by atoms with E-state index in [1.54, 1.807) is 0 Å². The van der Waals surface area contributed by atoms with E-state index in [2.05, 4.69) is 10.6 Å². The van der Waals surface area contributed by atoms with Crippen molar-refractivity contribution in [3.8, 4) is 0 Å². The van der Waals surface area contributed by atoms with Gasteiger partial charge in [0.05, 0.1) is 21.4 Å². The van der Waals surface area contributed by atoms with Crippen LogP contribution in [0.4, 0.5) is 0 Å². The molecule has 9 heteroatoms. The molecule has 47 heavy (non-hydrogen) atoms. The average molecular weight is 619 g/mol. The minimum atomic E-state index is 0.182. The standard InChI is InChI=1S/C38H34N8O/c1-21(2)41-35(39)27-13-15-29-31(19-27)45-37(43-29)25-9-5-23(6-10-25)33-17-18-34(47-33)24-7-11-26(12-8-24)38-44-30-16-14-28(20-32(30)46-38)36(40)42-22(3)4/h5-22H,1-4H3,(H2,39,41)(H2,40,42). The summed E-state index contributed by atoms with van der Waals surface area (Å²) in [6.45, 7) is 8.05. The maximum atomic E-state index is 8.28. The van der Waals surface area contributed by atoms with Crippen LogP contribution in [0.15, 0.2) is 121 Å². The van der Waals surface area contributed by atoms with E-state index in [-0.39, 0.29) is 12.1 Å². The van der Waals surface area contributed by atoms with Gasteiger partial charge < -0.3 is 15.1 Å². The highest BCUT2D eigenvalue weighted by molar-refractivity contribution is 5.96. The van der Waals surface area contributed by atoms with Crippen LogP contribution in [-0.4, -0.2) is 23.8 Å². The topological polar surface area (TPSA) is 134 Å².